The van der Waals surface area contributed by atoms with Crippen LogP contribution in [0.1, 0.15) is 81.0 Å². The molecule has 0 saturated carbocycles. The molecule has 2 aliphatic rings. The summed E-state index contributed by atoms with van der Waals surface area (Å²) in [7, 11) is 0. The average molecular weight is 712 g/mol. The molecule has 254 valence electrons. The van der Waals surface area contributed by atoms with Crippen molar-refractivity contribution in [3.63, 3.8) is 0 Å². The van der Waals surface area contributed by atoms with Crippen molar-refractivity contribution in [2.45, 2.75) is 56.5 Å². The van der Waals surface area contributed by atoms with E-state index in [1.54, 1.807) is 23.6 Å². The Balaban J connectivity index is 0.946. The molecule has 0 bridgehead atoms. The van der Waals surface area contributed by atoms with Crippen LogP contribution in [0.4, 0.5) is 8.78 Å². The number of rotatable bonds is 12. The van der Waals surface area contributed by atoms with Gasteiger partial charge in [-0.25, -0.2) is 9.50 Å². The van der Waals surface area contributed by atoms with Gasteiger partial charge in [-0.05, 0) is 66.1 Å². The van der Waals surface area contributed by atoms with Gasteiger partial charge in [-0.2, -0.15) is 13.9 Å². The maximum Gasteiger partial charge on any atom is 0.364 e. The van der Waals surface area contributed by atoms with Crippen molar-refractivity contribution < 1.29 is 37.5 Å². The van der Waals surface area contributed by atoms with E-state index in [1.807, 2.05) is 0 Å². The number of alkyl halides is 3. The quantitative estimate of drug-likeness (QED) is 0.113. The van der Waals surface area contributed by atoms with E-state index in [0.717, 1.165) is 15.5 Å². The Labute approximate surface area is 286 Å². The molecule has 4 aromatic rings. The van der Waals surface area contributed by atoms with E-state index in [9.17, 15) is 37.5 Å². The molecular weight excluding hydrogens is 684 g/mol. The molecule has 1 atom stereocenters. The van der Waals surface area contributed by atoms with Crippen LogP contribution in [0.5, 0.6) is 0 Å². The number of aromatic nitrogens is 3. The Hall–Kier alpha value is -5.09. The Bertz CT molecular complexity index is 2000. The SMILES string of the molecule is O=C(CCCCCNC(=O)c1cc2nc(-c3cccs3)cc(C(F)(F)Cl)n2n1)NCc1ccc2c(c1)C(=O)N(C1CCC(=O)NC1=O)C2=O. The lowest BCUT2D eigenvalue weighted by Crippen LogP contribution is -2.54. The molecule has 1 unspecified atom stereocenters. The van der Waals surface area contributed by atoms with E-state index in [2.05, 4.69) is 26.0 Å². The predicted molar refractivity (Wildman–Crippen MR) is 172 cm³/mol. The highest BCUT2D eigenvalue weighted by molar-refractivity contribution is 7.13. The molecule has 3 aromatic heterocycles. The highest BCUT2D eigenvalue weighted by atomic mass is 35.5. The Morgan fingerprint density at radius 2 is 1.82 bits per heavy atom. The number of amides is 6. The summed E-state index contributed by atoms with van der Waals surface area (Å²) in [6.07, 6.45) is 1.97. The van der Waals surface area contributed by atoms with Gasteiger partial charge >= 0.3 is 5.38 Å². The van der Waals surface area contributed by atoms with Crippen LogP contribution in [0, 0.1) is 0 Å². The number of carbonyl (C=O) groups excluding carboxylic acids is 6. The molecule has 5 heterocycles. The number of hydrogen-bond acceptors (Lipinski definition) is 9. The van der Waals surface area contributed by atoms with Crippen molar-refractivity contribution in [1.29, 1.82) is 0 Å². The van der Waals surface area contributed by atoms with Gasteiger partial charge in [-0.1, -0.05) is 18.6 Å². The zero-order valence-corrected chi connectivity index (χ0v) is 27.2. The summed E-state index contributed by atoms with van der Waals surface area (Å²) < 4.78 is 29.3. The molecule has 1 fully saturated rings. The Morgan fingerprint density at radius 1 is 1.02 bits per heavy atom. The fourth-order valence-electron chi connectivity index (χ4n) is 5.63. The van der Waals surface area contributed by atoms with Crippen LogP contribution in [0.25, 0.3) is 16.2 Å². The second-order valence-electron chi connectivity index (χ2n) is 11.5. The number of imide groups is 2. The molecule has 49 heavy (non-hydrogen) atoms. The predicted octanol–water partition coefficient (Wildman–Crippen LogP) is 3.75. The van der Waals surface area contributed by atoms with Crippen molar-refractivity contribution in [3.8, 4) is 10.6 Å². The molecule has 3 N–H and O–H groups in total. The first-order chi connectivity index (χ1) is 23.4. The van der Waals surface area contributed by atoms with Crippen LogP contribution in [-0.2, 0) is 26.3 Å². The molecular formula is C32H28ClF2N7O6S. The molecule has 1 saturated heterocycles. The van der Waals surface area contributed by atoms with Gasteiger partial charge in [0.2, 0.25) is 17.7 Å². The molecule has 0 radical (unpaired) electrons. The number of nitrogens with zero attached hydrogens (tertiary/aromatic N) is 4. The van der Waals surface area contributed by atoms with Crippen LogP contribution < -0.4 is 16.0 Å². The van der Waals surface area contributed by atoms with Gasteiger partial charge in [0.15, 0.2) is 11.3 Å². The summed E-state index contributed by atoms with van der Waals surface area (Å²) in [6.45, 7) is 0.376. The van der Waals surface area contributed by atoms with Crippen molar-refractivity contribution in [2.75, 3.05) is 6.54 Å². The zero-order chi connectivity index (χ0) is 34.9. The topological polar surface area (TPSA) is 172 Å². The second kappa shape index (κ2) is 13.8. The monoisotopic (exact) mass is 711 g/mol. The minimum atomic E-state index is -3.75. The molecule has 13 nitrogen and oxygen atoms in total. The Morgan fingerprint density at radius 3 is 2.55 bits per heavy atom. The number of thiophene rings is 1. The number of carbonyl (C=O) groups is 6. The normalized spacial score (nSPS) is 16.2. The number of halogens is 3. The summed E-state index contributed by atoms with van der Waals surface area (Å²) in [5.41, 5.74) is 0.489. The molecule has 2 aliphatic heterocycles. The third-order valence-electron chi connectivity index (χ3n) is 8.08. The van der Waals surface area contributed by atoms with E-state index < -0.39 is 46.7 Å². The van der Waals surface area contributed by atoms with Gasteiger partial charge in [0.1, 0.15) is 11.7 Å². The third-order valence-corrected chi connectivity index (χ3v) is 9.17. The third kappa shape index (κ3) is 7.19. The van der Waals surface area contributed by atoms with Gasteiger partial charge in [-0.3, -0.25) is 39.0 Å². The first-order valence-electron chi connectivity index (χ1n) is 15.3. The van der Waals surface area contributed by atoms with E-state index in [-0.39, 0.29) is 66.4 Å². The lowest BCUT2D eigenvalue weighted by Gasteiger charge is -2.27. The van der Waals surface area contributed by atoms with Crippen LogP contribution in [-0.4, -0.2) is 67.5 Å². The van der Waals surface area contributed by atoms with Crippen LogP contribution in [0.2, 0.25) is 0 Å². The largest absolute Gasteiger partial charge is 0.364 e. The molecule has 17 heteroatoms. The summed E-state index contributed by atoms with van der Waals surface area (Å²) >= 11 is 6.66. The van der Waals surface area contributed by atoms with Crippen LogP contribution in [0.3, 0.4) is 0 Å². The molecule has 0 spiro atoms. The van der Waals surface area contributed by atoms with Crippen molar-refractivity contribution in [2.24, 2.45) is 0 Å². The van der Waals surface area contributed by atoms with Gasteiger partial charge in [-0.15, -0.1) is 11.3 Å². The van der Waals surface area contributed by atoms with Crippen molar-refractivity contribution in [1.82, 2.24) is 35.4 Å². The highest BCUT2D eigenvalue weighted by Gasteiger charge is 2.44. The second-order valence-corrected chi connectivity index (χ2v) is 12.9. The first kappa shape index (κ1) is 33.8. The standard InChI is InChI=1S/C32H28ClF2N7O6S/c33-32(34,35)24-14-20(23-5-4-12-49-23)38-25-15-21(40-42(24)25)28(45)36-11-3-1-2-6-26(43)37-16-17-7-8-18-19(13-17)31(48)41(30(18)47)22-9-10-27(44)39-29(22)46/h4-5,7-8,12-15,22H,1-3,6,9-11,16H2,(H,36,45)(H,37,43)(H,39,44,46). The van der Waals surface area contributed by atoms with Crippen molar-refractivity contribution in [3.05, 3.63) is 75.9 Å². The van der Waals surface area contributed by atoms with Gasteiger partial charge in [0, 0.05) is 32.0 Å². The molecule has 0 aliphatic carbocycles. The van der Waals surface area contributed by atoms with Crippen LogP contribution >= 0.6 is 22.9 Å². The van der Waals surface area contributed by atoms with E-state index in [1.165, 1.54) is 29.5 Å². The minimum Gasteiger partial charge on any atom is -0.352 e. The highest BCUT2D eigenvalue weighted by Crippen LogP contribution is 2.35. The number of piperidine rings is 1. The summed E-state index contributed by atoms with van der Waals surface area (Å²) in [5.74, 6) is -3.18. The van der Waals surface area contributed by atoms with Crippen molar-refractivity contribution >= 4 is 64.0 Å². The van der Waals surface area contributed by atoms with Gasteiger partial charge < -0.3 is 10.6 Å². The van der Waals surface area contributed by atoms with Gasteiger partial charge in [0.25, 0.3) is 17.7 Å². The fourth-order valence-corrected chi connectivity index (χ4v) is 6.46. The van der Waals surface area contributed by atoms with E-state index >= 15 is 0 Å². The first-order valence-corrected chi connectivity index (χ1v) is 16.6. The van der Waals surface area contributed by atoms with Gasteiger partial charge in [0.05, 0.1) is 21.7 Å². The number of hydrogen-bond donors (Lipinski definition) is 3. The minimum absolute atomic E-state index is 0.0238. The fraction of sp³-hybridized carbons (Fsp3) is 0.312. The number of benzene rings is 1. The smallest absolute Gasteiger partial charge is 0.352 e. The number of fused-ring (bicyclic) bond motifs is 2. The maximum absolute atomic E-state index is 14.2. The summed E-state index contributed by atoms with van der Waals surface area (Å²) in [6, 6.07) is 9.49. The average Bonchev–Trinajstić information content (AvgIpc) is 3.80. The molecule has 6 amide bonds. The number of unbranched alkanes of at least 4 members (excludes halogenated alkanes) is 2. The lowest BCUT2D eigenvalue weighted by molar-refractivity contribution is -0.136. The van der Waals surface area contributed by atoms with Crippen LogP contribution in [0.15, 0.2) is 47.8 Å². The summed E-state index contributed by atoms with van der Waals surface area (Å²) in [4.78, 5) is 80.6. The zero-order valence-electron chi connectivity index (χ0n) is 25.6. The lowest BCUT2D eigenvalue weighted by atomic mass is 10.0. The molecule has 1 aromatic carbocycles. The molecule has 6 rings (SSSR count). The number of nitrogens with one attached hydrogen (secondary N) is 3. The van der Waals surface area contributed by atoms with E-state index in [4.69, 9.17) is 11.6 Å². The maximum atomic E-state index is 14.2. The summed E-state index contributed by atoms with van der Waals surface area (Å²) in [5, 5.41) is 9.67. The van der Waals surface area contributed by atoms with E-state index in [0.29, 0.717) is 29.7 Å². The Kier molecular flexibility index (Phi) is 9.52.